The number of hydrogen-bond donors (Lipinski definition) is 2. The molecule has 184 valence electrons. The van der Waals surface area contributed by atoms with Gasteiger partial charge in [0, 0.05) is 57.1 Å². The summed E-state index contributed by atoms with van der Waals surface area (Å²) in [6.45, 7) is 4.45. The van der Waals surface area contributed by atoms with E-state index in [9.17, 15) is 18.4 Å². The van der Waals surface area contributed by atoms with Gasteiger partial charge in [-0.05, 0) is 25.0 Å². The normalized spacial score (nSPS) is 17.5. The first-order valence-electron chi connectivity index (χ1n) is 11.5. The number of pyridine rings is 1. The fourth-order valence-corrected chi connectivity index (χ4v) is 4.65. The number of alkyl halides is 2. The van der Waals surface area contributed by atoms with Crippen molar-refractivity contribution in [2.45, 2.75) is 38.3 Å². The Morgan fingerprint density at radius 3 is 2.60 bits per heavy atom. The summed E-state index contributed by atoms with van der Waals surface area (Å²) in [6, 6.07) is 5.25. The molecule has 0 saturated carbocycles. The lowest BCUT2D eigenvalue weighted by molar-refractivity contribution is -0.130. The van der Waals surface area contributed by atoms with Crippen LogP contribution in [0.25, 0.3) is 11.3 Å². The number of nitrogens with zero attached hydrogens (tertiary/aromatic N) is 6. The standard InChI is InChI=1S/C23H26F2N8O2/c1-14(34)31-7-5-16(6-8-31)32-11-17(12-32)33-13-20(21(30-33)22(24)25)29-23(35)19-4-2-3-18(28-19)15-9-26-27-10-15/h2-4,9-10,13,16-17,22H,5-8,11-12H2,1H3,(H,26,27)(H,29,35). The first-order chi connectivity index (χ1) is 16.9. The van der Waals surface area contributed by atoms with Crippen molar-refractivity contribution >= 4 is 17.5 Å². The van der Waals surface area contributed by atoms with Gasteiger partial charge in [0.1, 0.15) is 5.69 Å². The minimum Gasteiger partial charge on any atom is -0.343 e. The molecule has 2 fully saturated rings. The second-order valence-corrected chi connectivity index (χ2v) is 8.90. The number of nitrogens with one attached hydrogen (secondary N) is 2. The predicted molar refractivity (Wildman–Crippen MR) is 123 cm³/mol. The zero-order valence-electron chi connectivity index (χ0n) is 19.2. The van der Waals surface area contributed by atoms with E-state index in [0.29, 0.717) is 30.4 Å². The predicted octanol–water partition coefficient (Wildman–Crippen LogP) is 2.73. The molecule has 0 spiro atoms. The van der Waals surface area contributed by atoms with E-state index in [0.717, 1.165) is 25.9 Å². The molecular formula is C23H26F2N8O2. The molecule has 0 unspecified atom stereocenters. The molecule has 3 aromatic heterocycles. The number of carbonyl (C=O) groups is 2. The molecule has 35 heavy (non-hydrogen) atoms. The maximum atomic E-state index is 13.7. The average Bonchev–Trinajstić information content (AvgIpc) is 3.49. The summed E-state index contributed by atoms with van der Waals surface area (Å²) in [6.07, 6.45) is 3.68. The zero-order valence-corrected chi connectivity index (χ0v) is 19.2. The number of anilines is 1. The van der Waals surface area contributed by atoms with Gasteiger partial charge in [-0.3, -0.25) is 24.3 Å². The van der Waals surface area contributed by atoms with Crippen LogP contribution in [0.5, 0.6) is 0 Å². The van der Waals surface area contributed by atoms with Crippen molar-refractivity contribution in [1.29, 1.82) is 0 Å². The SMILES string of the molecule is CC(=O)N1CCC(N2CC(n3cc(NC(=O)c4cccc(-c5cn[nH]c5)n4)c(C(F)F)n3)C2)CC1. The molecule has 2 amide bonds. The molecule has 0 radical (unpaired) electrons. The van der Waals surface area contributed by atoms with Gasteiger partial charge in [-0.1, -0.05) is 6.07 Å². The molecule has 0 aliphatic carbocycles. The van der Waals surface area contributed by atoms with E-state index in [2.05, 4.69) is 30.5 Å². The van der Waals surface area contributed by atoms with Gasteiger partial charge >= 0.3 is 0 Å². The van der Waals surface area contributed by atoms with Crippen LogP contribution in [-0.2, 0) is 4.79 Å². The second kappa shape index (κ2) is 9.53. The zero-order chi connectivity index (χ0) is 24.5. The molecule has 2 N–H and O–H groups in total. The van der Waals surface area contributed by atoms with E-state index in [4.69, 9.17) is 0 Å². The van der Waals surface area contributed by atoms with Gasteiger partial charge in [0.05, 0.1) is 23.6 Å². The number of likely N-dealkylation sites (tertiary alicyclic amines) is 2. The monoisotopic (exact) mass is 484 g/mol. The quantitative estimate of drug-likeness (QED) is 0.557. The Balaban J connectivity index is 1.24. The molecule has 0 bridgehead atoms. The Kier molecular flexibility index (Phi) is 6.29. The van der Waals surface area contributed by atoms with Crippen molar-refractivity contribution in [1.82, 2.24) is 34.8 Å². The minimum absolute atomic E-state index is 0.0197. The lowest BCUT2D eigenvalue weighted by atomic mass is 9.97. The van der Waals surface area contributed by atoms with Crippen LogP contribution in [0, 0.1) is 0 Å². The van der Waals surface area contributed by atoms with Crippen LogP contribution in [0.1, 0.15) is 48.4 Å². The van der Waals surface area contributed by atoms with E-state index in [1.54, 1.807) is 31.5 Å². The van der Waals surface area contributed by atoms with E-state index < -0.39 is 18.0 Å². The fraction of sp³-hybridized carbons (Fsp3) is 0.435. The molecule has 10 nitrogen and oxygen atoms in total. The summed E-state index contributed by atoms with van der Waals surface area (Å²) in [5.74, 6) is -0.497. The van der Waals surface area contributed by atoms with Crippen LogP contribution in [0.3, 0.4) is 0 Å². The van der Waals surface area contributed by atoms with Gasteiger partial charge in [0.2, 0.25) is 5.91 Å². The van der Waals surface area contributed by atoms with Gasteiger partial charge in [0.25, 0.3) is 12.3 Å². The van der Waals surface area contributed by atoms with Gasteiger partial charge < -0.3 is 10.2 Å². The van der Waals surface area contributed by atoms with Crippen LogP contribution in [0.15, 0.2) is 36.8 Å². The van der Waals surface area contributed by atoms with Crippen LogP contribution < -0.4 is 5.32 Å². The number of hydrogen-bond acceptors (Lipinski definition) is 6. The van der Waals surface area contributed by atoms with Crippen LogP contribution in [-0.4, -0.2) is 78.8 Å². The maximum Gasteiger partial charge on any atom is 0.284 e. The number of carbonyl (C=O) groups excluding carboxylic acids is 2. The van der Waals surface area contributed by atoms with Crippen LogP contribution in [0.2, 0.25) is 0 Å². The highest BCUT2D eigenvalue weighted by Gasteiger charge is 2.36. The Morgan fingerprint density at radius 2 is 1.94 bits per heavy atom. The van der Waals surface area contributed by atoms with Crippen LogP contribution >= 0.6 is 0 Å². The molecule has 5 rings (SSSR count). The highest BCUT2D eigenvalue weighted by molar-refractivity contribution is 6.03. The molecule has 12 heteroatoms. The third-order valence-corrected chi connectivity index (χ3v) is 6.68. The molecule has 0 aromatic carbocycles. The van der Waals surface area contributed by atoms with Gasteiger partial charge in [-0.25, -0.2) is 13.8 Å². The third-order valence-electron chi connectivity index (χ3n) is 6.68. The maximum absolute atomic E-state index is 13.7. The first kappa shape index (κ1) is 23.1. The number of piperidine rings is 1. The van der Waals surface area contributed by atoms with E-state index >= 15 is 0 Å². The molecule has 0 atom stereocenters. The Labute approximate surface area is 200 Å². The lowest BCUT2D eigenvalue weighted by Gasteiger charge is -2.47. The van der Waals surface area contributed by atoms with Crippen LogP contribution in [0.4, 0.5) is 14.5 Å². The van der Waals surface area contributed by atoms with Crippen molar-refractivity contribution in [2.24, 2.45) is 0 Å². The Morgan fingerprint density at radius 1 is 1.17 bits per heavy atom. The number of aromatic nitrogens is 5. The smallest absolute Gasteiger partial charge is 0.284 e. The summed E-state index contributed by atoms with van der Waals surface area (Å²) >= 11 is 0. The molecule has 2 aliphatic rings. The summed E-state index contributed by atoms with van der Waals surface area (Å²) < 4.78 is 28.9. The first-order valence-corrected chi connectivity index (χ1v) is 11.5. The number of halogens is 2. The van der Waals surface area contributed by atoms with Gasteiger partial charge in [0.15, 0.2) is 5.69 Å². The van der Waals surface area contributed by atoms with E-state index in [1.807, 2.05) is 4.90 Å². The summed E-state index contributed by atoms with van der Waals surface area (Å²) in [4.78, 5) is 32.8. The topological polar surface area (TPSA) is 112 Å². The summed E-state index contributed by atoms with van der Waals surface area (Å²) in [7, 11) is 0. The van der Waals surface area contributed by atoms with Crippen molar-refractivity contribution < 1.29 is 18.4 Å². The van der Waals surface area contributed by atoms with E-state index in [-0.39, 0.29) is 23.3 Å². The second-order valence-electron chi connectivity index (χ2n) is 8.90. The number of amides is 2. The van der Waals surface area contributed by atoms with Gasteiger partial charge in [-0.15, -0.1) is 0 Å². The third kappa shape index (κ3) is 4.78. The molecular weight excluding hydrogens is 458 g/mol. The highest BCUT2D eigenvalue weighted by Crippen LogP contribution is 2.32. The Bertz CT molecular complexity index is 1200. The lowest BCUT2D eigenvalue weighted by Crippen LogP contribution is -2.56. The van der Waals surface area contributed by atoms with Crippen molar-refractivity contribution in [2.75, 3.05) is 31.5 Å². The molecule has 5 heterocycles. The average molecular weight is 485 g/mol. The van der Waals surface area contributed by atoms with Gasteiger partial charge in [-0.2, -0.15) is 10.2 Å². The highest BCUT2D eigenvalue weighted by atomic mass is 19.3. The fourth-order valence-electron chi connectivity index (χ4n) is 4.65. The number of H-pyrrole nitrogens is 1. The summed E-state index contributed by atoms with van der Waals surface area (Å²) in [5, 5.41) is 13.2. The molecule has 2 aliphatic heterocycles. The number of aromatic amines is 1. The Hall–Kier alpha value is -3.67. The van der Waals surface area contributed by atoms with Crippen molar-refractivity contribution in [3.63, 3.8) is 0 Å². The van der Waals surface area contributed by atoms with Crippen molar-refractivity contribution in [3.05, 3.63) is 48.2 Å². The molecule has 2 saturated heterocycles. The van der Waals surface area contributed by atoms with E-state index in [1.165, 1.54) is 16.9 Å². The minimum atomic E-state index is -2.83. The molecule has 3 aromatic rings. The number of rotatable bonds is 6. The largest absolute Gasteiger partial charge is 0.343 e. The summed E-state index contributed by atoms with van der Waals surface area (Å²) in [5.41, 5.74) is 0.872. The van der Waals surface area contributed by atoms with Crippen molar-refractivity contribution in [3.8, 4) is 11.3 Å².